The average Bonchev–Trinajstić information content (AvgIpc) is 2.97. The Morgan fingerprint density at radius 3 is 2.27 bits per heavy atom. The van der Waals surface area contributed by atoms with Gasteiger partial charge >= 0.3 is 5.97 Å². The minimum absolute atomic E-state index is 0.130. The molecule has 0 saturated heterocycles. The predicted molar refractivity (Wildman–Crippen MR) is 162 cm³/mol. The Labute approximate surface area is 241 Å². The highest BCUT2D eigenvalue weighted by Crippen LogP contribution is 2.27. The number of nitrogens with zero attached hydrogens (tertiary/aromatic N) is 3. The van der Waals surface area contributed by atoms with Crippen LogP contribution in [0.1, 0.15) is 81.9 Å². The third-order valence-corrected chi connectivity index (χ3v) is 8.08. The fourth-order valence-corrected chi connectivity index (χ4v) is 5.64. The first-order valence-corrected chi connectivity index (χ1v) is 15.2. The number of carboxylic acid groups (broad SMARTS) is 1. The monoisotopic (exact) mass is 563 g/mol. The number of amides is 1. The molecule has 0 aliphatic carbocycles. The van der Waals surface area contributed by atoms with Gasteiger partial charge in [-0.25, -0.2) is 4.98 Å². The van der Waals surface area contributed by atoms with Crippen LogP contribution in [0.15, 0.2) is 70.4 Å². The first-order chi connectivity index (χ1) is 19.4. The second-order valence-corrected chi connectivity index (χ2v) is 11.2. The fourth-order valence-electron chi connectivity index (χ4n) is 4.56. The van der Waals surface area contributed by atoms with E-state index in [0.29, 0.717) is 36.5 Å². The van der Waals surface area contributed by atoms with E-state index >= 15 is 0 Å². The highest BCUT2D eigenvalue weighted by atomic mass is 32.2. The van der Waals surface area contributed by atoms with Gasteiger partial charge in [-0.3, -0.25) is 19.0 Å². The molecule has 1 atom stereocenters. The van der Waals surface area contributed by atoms with E-state index in [-0.39, 0.29) is 18.1 Å². The number of hydrogen-bond acceptors (Lipinski definition) is 5. The Morgan fingerprint density at radius 2 is 1.65 bits per heavy atom. The summed E-state index contributed by atoms with van der Waals surface area (Å²) >= 11 is 1.30. The van der Waals surface area contributed by atoms with Crippen LogP contribution < -0.4 is 5.56 Å². The van der Waals surface area contributed by atoms with Crippen molar-refractivity contribution in [2.75, 3.05) is 6.54 Å². The molecular weight excluding hydrogens is 522 g/mol. The van der Waals surface area contributed by atoms with Crippen molar-refractivity contribution in [1.82, 2.24) is 14.5 Å². The number of carbonyl (C=O) groups excluding carboxylic acids is 1. The molecular formula is C32H41N3O4S. The van der Waals surface area contributed by atoms with E-state index in [1.54, 1.807) is 27.7 Å². The Balaban J connectivity index is 1.85. The number of benzene rings is 2. The molecule has 0 bridgehead atoms. The number of rotatable bonds is 16. The van der Waals surface area contributed by atoms with Gasteiger partial charge in [-0.15, -0.1) is 11.8 Å². The standard InChI is InChI=1S/C32H41N3O4S/c1-4-7-8-9-13-21-34(31(37)25-17-19-26(20-18-25)40-28(14-5-2)32(38)39)23-35-29(6-3)33-27(22-30(35)36)24-15-11-10-12-16-24/h10-12,15-20,22,28H,4-9,13-14,21,23H2,1-3H3,(H,38,39). The number of carbonyl (C=O) groups is 2. The van der Waals surface area contributed by atoms with Crippen molar-refractivity contribution in [2.45, 2.75) is 89.0 Å². The number of aliphatic carboxylic acids is 1. The fraction of sp³-hybridized carbons (Fsp3) is 0.438. The molecule has 214 valence electrons. The molecule has 1 unspecified atom stereocenters. The Hall–Kier alpha value is -3.39. The molecule has 8 heteroatoms. The predicted octanol–water partition coefficient (Wildman–Crippen LogP) is 6.89. The molecule has 0 saturated carbocycles. The molecule has 1 aromatic heterocycles. The quantitative estimate of drug-likeness (QED) is 0.151. The molecule has 1 N–H and O–H groups in total. The van der Waals surface area contributed by atoms with Gasteiger partial charge in [0.25, 0.3) is 11.5 Å². The zero-order chi connectivity index (χ0) is 28.9. The lowest BCUT2D eigenvalue weighted by Crippen LogP contribution is -2.39. The average molecular weight is 564 g/mol. The van der Waals surface area contributed by atoms with E-state index in [1.807, 2.05) is 56.3 Å². The number of thioether (sulfide) groups is 1. The molecule has 0 fully saturated rings. The lowest BCUT2D eigenvalue weighted by Gasteiger charge is -2.25. The summed E-state index contributed by atoms with van der Waals surface area (Å²) < 4.78 is 1.60. The van der Waals surface area contributed by atoms with Crippen molar-refractivity contribution in [3.63, 3.8) is 0 Å². The molecule has 0 radical (unpaired) electrons. The Kier molecular flexibility index (Phi) is 12.5. The molecule has 1 amide bonds. The molecule has 0 aliphatic rings. The molecule has 7 nitrogen and oxygen atoms in total. The zero-order valence-corrected chi connectivity index (χ0v) is 24.7. The van der Waals surface area contributed by atoms with E-state index in [4.69, 9.17) is 4.98 Å². The molecule has 0 spiro atoms. The maximum absolute atomic E-state index is 13.7. The van der Waals surface area contributed by atoms with Crippen LogP contribution in [-0.4, -0.2) is 43.2 Å². The third-order valence-electron chi connectivity index (χ3n) is 6.81. The van der Waals surface area contributed by atoms with E-state index in [2.05, 4.69) is 6.92 Å². The molecule has 3 aromatic rings. The van der Waals surface area contributed by atoms with Gasteiger partial charge < -0.3 is 10.0 Å². The van der Waals surface area contributed by atoms with Gasteiger partial charge in [-0.2, -0.15) is 0 Å². The van der Waals surface area contributed by atoms with Gasteiger partial charge in [-0.1, -0.05) is 83.2 Å². The summed E-state index contributed by atoms with van der Waals surface area (Å²) in [6.45, 7) is 6.76. The van der Waals surface area contributed by atoms with Gasteiger partial charge in [0.05, 0.1) is 5.69 Å². The number of unbranched alkanes of at least 4 members (excludes halogenated alkanes) is 4. The summed E-state index contributed by atoms with van der Waals surface area (Å²) in [5.74, 6) is -0.348. The maximum atomic E-state index is 13.7. The van der Waals surface area contributed by atoms with Crippen LogP contribution in [-0.2, 0) is 17.9 Å². The topological polar surface area (TPSA) is 92.5 Å². The summed E-state index contributed by atoms with van der Waals surface area (Å²) in [5.41, 5.74) is 1.84. The summed E-state index contributed by atoms with van der Waals surface area (Å²) in [4.78, 5) is 45.9. The van der Waals surface area contributed by atoms with E-state index < -0.39 is 11.2 Å². The van der Waals surface area contributed by atoms with Crippen LogP contribution in [0, 0.1) is 0 Å². The second kappa shape index (κ2) is 16.0. The summed E-state index contributed by atoms with van der Waals surface area (Å²) in [7, 11) is 0. The van der Waals surface area contributed by atoms with Crippen molar-refractivity contribution in [1.29, 1.82) is 0 Å². The van der Waals surface area contributed by atoms with Crippen molar-refractivity contribution >= 4 is 23.6 Å². The summed E-state index contributed by atoms with van der Waals surface area (Å²) in [5, 5.41) is 8.97. The van der Waals surface area contributed by atoms with E-state index in [9.17, 15) is 19.5 Å². The normalized spacial score (nSPS) is 11.8. The van der Waals surface area contributed by atoms with Crippen LogP contribution in [0.2, 0.25) is 0 Å². The van der Waals surface area contributed by atoms with Crippen LogP contribution in [0.5, 0.6) is 0 Å². The van der Waals surface area contributed by atoms with Crippen molar-refractivity contribution in [2.24, 2.45) is 0 Å². The number of carboxylic acids is 1. The third kappa shape index (κ3) is 8.81. The van der Waals surface area contributed by atoms with Gasteiger partial charge in [0.2, 0.25) is 0 Å². The summed E-state index contributed by atoms with van der Waals surface area (Å²) in [6, 6.07) is 18.3. The Bertz CT molecular complexity index is 1290. The molecule has 1 heterocycles. The minimum Gasteiger partial charge on any atom is -0.480 e. The number of hydrogen-bond donors (Lipinski definition) is 1. The molecule has 2 aromatic carbocycles. The van der Waals surface area contributed by atoms with Crippen LogP contribution >= 0.6 is 11.8 Å². The number of aryl methyl sites for hydroxylation is 1. The van der Waals surface area contributed by atoms with Crippen LogP contribution in [0.4, 0.5) is 0 Å². The molecule has 40 heavy (non-hydrogen) atoms. The minimum atomic E-state index is -0.828. The smallest absolute Gasteiger partial charge is 0.316 e. The zero-order valence-electron chi connectivity index (χ0n) is 23.8. The van der Waals surface area contributed by atoms with Crippen LogP contribution in [0.3, 0.4) is 0 Å². The van der Waals surface area contributed by atoms with Gasteiger partial charge in [0.15, 0.2) is 0 Å². The van der Waals surface area contributed by atoms with E-state index in [1.165, 1.54) is 11.8 Å². The highest BCUT2D eigenvalue weighted by molar-refractivity contribution is 8.00. The van der Waals surface area contributed by atoms with Gasteiger partial charge in [-0.05, 0) is 37.1 Å². The van der Waals surface area contributed by atoms with Crippen molar-refractivity contribution in [3.05, 3.63) is 82.4 Å². The first kappa shape index (κ1) is 31.1. The summed E-state index contributed by atoms with van der Waals surface area (Å²) in [6.07, 6.45) is 7.20. The highest BCUT2D eigenvalue weighted by Gasteiger charge is 2.21. The van der Waals surface area contributed by atoms with Gasteiger partial charge in [0, 0.05) is 35.1 Å². The SMILES string of the molecule is CCCCCCCN(Cn1c(CC)nc(-c2ccccc2)cc1=O)C(=O)c1ccc(SC(CCC)C(=O)O)cc1. The Morgan fingerprint density at radius 1 is 0.950 bits per heavy atom. The largest absolute Gasteiger partial charge is 0.480 e. The lowest BCUT2D eigenvalue weighted by atomic mass is 10.1. The van der Waals surface area contributed by atoms with Gasteiger partial charge in [0.1, 0.15) is 17.7 Å². The second-order valence-electron chi connectivity index (χ2n) is 9.93. The van der Waals surface area contributed by atoms with Crippen molar-refractivity contribution < 1.29 is 14.7 Å². The van der Waals surface area contributed by atoms with E-state index in [0.717, 1.165) is 49.0 Å². The maximum Gasteiger partial charge on any atom is 0.316 e. The van der Waals surface area contributed by atoms with Crippen molar-refractivity contribution in [3.8, 4) is 11.3 Å². The number of aromatic nitrogens is 2. The lowest BCUT2D eigenvalue weighted by molar-refractivity contribution is -0.136. The van der Waals surface area contributed by atoms with Crippen LogP contribution in [0.25, 0.3) is 11.3 Å². The first-order valence-electron chi connectivity index (χ1n) is 14.3. The molecule has 3 rings (SSSR count). The molecule has 0 aliphatic heterocycles.